The molecule has 0 N–H and O–H groups in total. The summed E-state index contributed by atoms with van der Waals surface area (Å²) in [5, 5.41) is 0. The Morgan fingerprint density at radius 1 is 1.08 bits per heavy atom. The van der Waals surface area contributed by atoms with Gasteiger partial charge < -0.3 is 0 Å². The van der Waals surface area contributed by atoms with Gasteiger partial charge in [0.05, 0.1) is 0 Å². The van der Waals surface area contributed by atoms with E-state index < -0.39 is 0 Å². The van der Waals surface area contributed by atoms with Crippen molar-refractivity contribution in [3.63, 3.8) is 0 Å². The highest BCUT2D eigenvalue weighted by Gasteiger charge is 2.56. The number of hydrogen-bond donors (Lipinski definition) is 0. The van der Waals surface area contributed by atoms with Crippen LogP contribution in [0.3, 0.4) is 0 Å². The van der Waals surface area contributed by atoms with E-state index in [0.717, 1.165) is 17.3 Å². The molecule has 0 atom stereocenters. The van der Waals surface area contributed by atoms with Crippen molar-refractivity contribution in [2.45, 2.75) is 53.4 Å². The van der Waals surface area contributed by atoms with Crippen molar-refractivity contribution in [1.82, 2.24) is 0 Å². The van der Waals surface area contributed by atoms with Crippen molar-refractivity contribution in [3.8, 4) is 0 Å². The van der Waals surface area contributed by atoms with Crippen LogP contribution in [0.25, 0.3) is 0 Å². The number of rotatable bonds is 1. The van der Waals surface area contributed by atoms with Crippen LogP contribution in [0.4, 0.5) is 0 Å². The molecule has 1 spiro atoms. The first-order chi connectivity index (χ1) is 5.43. The second-order valence-electron chi connectivity index (χ2n) is 6.43. The van der Waals surface area contributed by atoms with E-state index in [0.29, 0.717) is 5.41 Å². The van der Waals surface area contributed by atoms with Gasteiger partial charge in [0.1, 0.15) is 0 Å². The molecule has 0 amide bonds. The third-order valence-electron chi connectivity index (χ3n) is 4.04. The second kappa shape index (κ2) is 2.27. The van der Waals surface area contributed by atoms with Gasteiger partial charge in [-0.05, 0) is 48.3 Å². The quantitative estimate of drug-likeness (QED) is 0.555. The lowest BCUT2D eigenvalue weighted by Crippen LogP contribution is -2.52. The predicted octanol–water partition coefficient (Wildman–Crippen LogP) is 3.86. The zero-order valence-corrected chi connectivity index (χ0v) is 8.98. The van der Waals surface area contributed by atoms with E-state index in [4.69, 9.17) is 0 Å². The van der Waals surface area contributed by atoms with E-state index in [1.807, 2.05) is 0 Å². The van der Waals surface area contributed by atoms with Crippen LogP contribution in [0.15, 0.2) is 0 Å². The normalized spacial score (nSPS) is 31.8. The van der Waals surface area contributed by atoms with Crippen molar-refractivity contribution < 1.29 is 0 Å². The van der Waals surface area contributed by atoms with Crippen LogP contribution >= 0.6 is 0 Å². The summed E-state index contributed by atoms with van der Waals surface area (Å²) in [6.45, 7) is 9.59. The topological polar surface area (TPSA) is 0 Å². The summed E-state index contributed by atoms with van der Waals surface area (Å²) in [5.41, 5.74) is 1.51. The molecule has 2 rings (SSSR count). The molecular weight excluding hydrogens is 144 g/mol. The molecule has 2 saturated carbocycles. The fourth-order valence-corrected chi connectivity index (χ4v) is 3.79. The molecule has 2 aliphatic carbocycles. The van der Waals surface area contributed by atoms with Gasteiger partial charge in [0.15, 0.2) is 0 Å². The predicted molar refractivity (Wildman–Crippen MR) is 53.0 cm³/mol. The summed E-state index contributed by atoms with van der Waals surface area (Å²) in [6, 6.07) is 0. The lowest BCUT2D eigenvalue weighted by molar-refractivity contribution is -0.121. The summed E-state index contributed by atoms with van der Waals surface area (Å²) in [4.78, 5) is 0. The van der Waals surface area contributed by atoms with Gasteiger partial charge in [-0.15, -0.1) is 0 Å². The maximum atomic E-state index is 2.42. The van der Waals surface area contributed by atoms with Crippen molar-refractivity contribution in [3.05, 3.63) is 0 Å². The zero-order chi connectivity index (χ0) is 8.98. The summed E-state index contributed by atoms with van der Waals surface area (Å²) in [7, 11) is 0. The molecule has 2 aliphatic rings. The van der Waals surface area contributed by atoms with Crippen molar-refractivity contribution in [1.29, 1.82) is 0 Å². The maximum absolute atomic E-state index is 2.42. The van der Waals surface area contributed by atoms with Crippen LogP contribution in [-0.4, -0.2) is 0 Å². The molecule has 0 heterocycles. The molecule has 0 radical (unpaired) electrons. The van der Waals surface area contributed by atoms with Crippen molar-refractivity contribution >= 4 is 0 Å². The lowest BCUT2D eigenvalue weighted by Gasteiger charge is -2.63. The molecule has 2 fully saturated rings. The fraction of sp³-hybridized carbons (Fsp3) is 1.00. The third kappa shape index (κ3) is 1.20. The molecule has 12 heavy (non-hydrogen) atoms. The summed E-state index contributed by atoms with van der Waals surface area (Å²) >= 11 is 0. The van der Waals surface area contributed by atoms with Gasteiger partial charge in [-0.3, -0.25) is 0 Å². The Hall–Kier alpha value is 0. The molecule has 0 aromatic carbocycles. The average molecular weight is 166 g/mol. The standard InChI is InChI=1S/C12H22/c1-9(2)10-5-12(6-10)7-11(3,4)8-12/h9-10H,5-8H2,1-4H3. The SMILES string of the molecule is CC(C)C1CC2(C1)CC(C)(C)C2. The highest BCUT2D eigenvalue weighted by Crippen LogP contribution is 2.66. The smallest absolute Gasteiger partial charge is 0.0282 e. The van der Waals surface area contributed by atoms with Gasteiger partial charge >= 0.3 is 0 Å². The van der Waals surface area contributed by atoms with E-state index in [9.17, 15) is 0 Å². The first kappa shape index (κ1) is 8.59. The van der Waals surface area contributed by atoms with Crippen LogP contribution in [-0.2, 0) is 0 Å². The van der Waals surface area contributed by atoms with Crippen LogP contribution in [0.1, 0.15) is 53.4 Å². The molecule has 0 nitrogen and oxygen atoms in total. The van der Waals surface area contributed by atoms with Gasteiger partial charge in [0, 0.05) is 0 Å². The molecule has 0 unspecified atom stereocenters. The van der Waals surface area contributed by atoms with E-state index in [1.54, 1.807) is 0 Å². The zero-order valence-electron chi connectivity index (χ0n) is 8.98. The average Bonchev–Trinajstić information content (AvgIpc) is 1.75. The van der Waals surface area contributed by atoms with Gasteiger partial charge in [-0.1, -0.05) is 27.7 Å². The Kier molecular flexibility index (Phi) is 1.63. The minimum absolute atomic E-state index is 0.682. The van der Waals surface area contributed by atoms with Crippen LogP contribution < -0.4 is 0 Å². The number of hydrogen-bond acceptors (Lipinski definition) is 0. The monoisotopic (exact) mass is 166 g/mol. The lowest BCUT2D eigenvalue weighted by atomic mass is 9.42. The Balaban J connectivity index is 1.83. The van der Waals surface area contributed by atoms with Crippen molar-refractivity contribution in [2.75, 3.05) is 0 Å². The first-order valence-electron chi connectivity index (χ1n) is 5.43. The molecule has 0 bridgehead atoms. The highest BCUT2D eigenvalue weighted by atomic mass is 14.6. The largest absolute Gasteiger partial charge is 0.0625 e. The minimum Gasteiger partial charge on any atom is -0.0625 e. The summed E-state index contributed by atoms with van der Waals surface area (Å²) in [6.07, 6.45) is 6.08. The van der Waals surface area contributed by atoms with Crippen LogP contribution in [0, 0.1) is 22.7 Å². The Labute approximate surface area is 76.7 Å². The van der Waals surface area contributed by atoms with Crippen LogP contribution in [0.5, 0.6) is 0 Å². The molecule has 70 valence electrons. The van der Waals surface area contributed by atoms with Gasteiger partial charge in [0.2, 0.25) is 0 Å². The Morgan fingerprint density at radius 3 is 1.92 bits per heavy atom. The van der Waals surface area contributed by atoms with Gasteiger partial charge in [0.25, 0.3) is 0 Å². The first-order valence-corrected chi connectivity index (χ1v) is 5.43. The molecule has 0 aromatic rings. The molecular formula is C12H22. The third-order valence-corrected chi connectivity index (χ3v) is 4.04. The maximum Gasteiger partial charge on any atom is -0.0282 e. The van der Waals surface area contributed by atoms with E-state index in [1.165, 1.54) is 25.7 Å². The summed E-state index contributed by atoms with van der Waals surface area (Å²) < 4.78 is 0. The van der Waals surface area contributed by atoms with E-state index in [-0.39, 0.29) is 0 Å². The molecule has 0 aliphatic heterocycles. The fourth-order valence-electron chi connectivity index (χ4n) is 3.79. The molecule has 0 saturated heterocycles. The van der Waals surface area contributed by atoms with Gasteiger partial charge in [-0.25, -0.2) is 0 Å². The minimum atomic E-state index is 0.682. The van der Waals surface area contributed by atoms with E-state index in [2.05, 4.69) is 27.7 Å². The van der Waals surface area contributed by atoms with Crippen molar-refractivity contribution in [2.24, 2.45) is 22.7 Å². The van der Waals surface area contributed by atoms with Gasteiger partial charge in [-0.2, -0.15) is 0 Å². The summed E-state index contributed by atoms with van der Waals surface area (Å²) in [5.74, 6) is 1.99. The van der Waals surface area contributed by atoms with Crippen LogP contribution in [0.2, 0.25) is 0 Å². The Morgan fingerprint density at radius 2 is 1.58 bits per heavy atom. The molecule has 0 aromatic heterocycles. The second-order valence-corrected chi connectivity index (χ2v) is 6.43. The highest BCUT2D eigenvalue weighted by molar-refractivity contribution is 5.06. The van der Waals surface area contributed by atoms with E-state index >= 15 is 0 Å². The molecule has 0 heteroatoms. The Bertz CT molecular complexity index is 172.